The summed E-state index contributed by atoms with van der Waals surface area (Å²) < 4.78 is 14.2. The lowest BCUT2D eigenvalue weighted by atomic mass is 10.1. The third-order valence-corrected chi connectivity index (χ3v) is 4.75. The number of hydrogen-bond acceptors (Lipinski definition) is 5. The van der Waals surface area contributed by atoms with E-state index in [0.29, 0.717) is 11.1 Å². The van der Waals surface area contributed by atoms with Crippen LogP contribution >= 0.6 is 0 Å². The second kappa shape index (κ2) is 7.28. The van der Waals surface area contributed by atoms with Crippen molar-refractivity contribution in [1.29, 1.82) is 0 Å². The molecule has 1 aromatic carbocycles. The molecule has 0 bridgehead atoms. The molecule has 0 unspecified atom stereocenters. The predicted molar refractivity (Wildman–Crippen MR) is 104 cm³/mol. The van der Waals surface area contributed by atoms with Crippen molar-refractivity contribution in [3.63, 3.8) is 0 Å². The van der Waals surface area contributed by atoms with Crippen LogP contribution in [0, 0.1) is 5.82 Å². The molecule has 0 aliphatic carbocycles. The van der Waals surface area contributed by atoms with Gasteiger partial charge in [-0.05, 0) is 37.4 Å². The maximum absolute atomic E-state index is 14.2. The Bertz CT molecular complexity index is 968. The zero-order valence-corrected chi connectivity index (χ0v) is 15.0. The van der Waals surface area contributed by atoms with Gasteiger partial charge in [0.25, 0.3) is 5.91 Å². The van der Waals surface area contributed by atoms with Gasteiger partial charge in [0.15, 0.2) is 0 Å². The number of carbonyl (C=O) groups excluding carboxylic acids is 1. The van der Waals surface area contributed by atoms with Crippen LogP contribution in [0.4, 0.5) is 15.9 Å². The molecule has 0 atom stereocenters. The van der Waals surface area contributed by atoms with E-state index in [1.54, 1.807) is 24.4 Å². The molecule has 1 fully saturated rings. The average molecular weight is 365 g/mol. The summed E-state index contributed by atoms with van der Waals surface area (Å²) in [6.45, 7) is 3.87. The summed E-state index contributed by atoms with van der Waals surface area (Å²) in [5.74, 6) is -0.000451. The van der Waals surface area contributed by atoms with Crippen molar-refractivity contribution in [3.05, 3.63) is 60.2 Å². The molecule has 0 radical (unpaired) electrons. The number of amides is 1. The lowest BCUT2D eigenvalue weighted by molar-refractivity contribution is 0.102. The van der Waals surface area contributed by atoms with Crippen LogP contribution in [0.5, 0.6) is 0 Å². The van der Waals surface area contributed by atoms with Gasteiger partial charge in [-0.15, -0.1) is 0 Å². The standard InChI is InChI=1S/C20H20FN5O/c1-25-7-9-26(10-8-25)18-5-4-16(13-23-18)24-20(27)15-11-14-3-2-6-22-19(14)17(21)12-15/h2-6,11-13H,7-10H2,1H3,(H,24,27). The zero-order valence-electron chi connectivity index (χ0n) is 15.0. The lowest BCUT2D eigenvalue weighted by Crippen LogP contribution is -2.44. The fourth-order valence-electron chi connectivity index (χ4n) is 3.16. The van der Waals surface area contributed by atoms with Crippen LogP contribution in [-0.2, 0) is 0 Å². The molecule has 138 valence electrons. The molecule has 1 aliphatic heterocycles. The smallest absolute Gasteiger partial charge is 0.255 e. The highest BCUT2D eigenvalue weighted by molar-refractivity contribution is 6.06. The number of rotatable bonds is 3. The van der Waals surface area contributed by atoms with Crippen LogP contribution in [0.15, 0.2) is 48.8 Å². The van der Waals surface area contributed by atoms with Gasteiger partial charge in [-0.2, -0.15) is 0 Å². The minimum absolute atomic E-state index is 0.246. The van der Waals surface area contributed by atoms with Crippen LogP contribution in [0.25, 0.3) is 10.9 Å². The molecule has 0 saturated carbocycles. The van der Waals surface area contributed by atoms with Gasteiger partial charge in [0.1, 0.15) is 17.2 Å². The van der Waals surface area contributed by atoms with Crippen molar-refractivity contribution < 1.29 is 9.18 Å². The van der Waals surface area contributed by atoms with Crippen LogP contribution in [-0.4, -0.2) is 54.0 Å². The molecule has 3 aromatic rings. The first-order valence-electron chi connectivity index (χ1n) is 8.85. The Morgan fingerprint density at radius 2 is 1.93 bits per heavy atom. The van der Waals surface area contributed by atoms with E-state index in [4.69, 9.17) is 0 Å². The number of nitrogens with zero attached hydrogens (tertiary/aromatic N) is 4. The molecule has 1 saturated heterocycles. The number of aromatic nitrogens is 2. The van der Waals surface area contributed by atoms with Crippen molar-refractivity contribution in [2.24, 2.45) is 0 Å². The van der Waals surface area contributed by atoms with Gasteiger partial charge < -0.3 is 15.1 Å². The van der Waals surface area contributed by atoms with Crippen molar-refractivity contribution >= 4 is 28.3 Å². The van der Waals surface area contributed by atoms with Crippen LogP contribution in [0.3, 0.4) is 0 Å². The maximum Gasteiger partial charge on any atom is 0.255 e. The largest absolute Gasteiger partial charge is 0.354 e. The summed E-state index contributed by atoms with van der Waals surface area (Å²) in [4.78, 5) is 25.4. The van der Waals surface area contributed by atoms with Gasteiger partial charge in [0, 0.05) is 43.3 Å². The monoisotopic (exact) mass is 365 g/mol. The highest BCUT2D eigenvalue weighted by Gasteiger charge is 2.16. The fraction of sp³-hybridized carbons (Fsp3) is 0.250. The number of halogens is 1. The van der Waals surface area contributed by atoms with E-state index in [9.17, 15) is 9.18 Å². The highest BCUT2D eigenvalue weighted by Crippen LogP contribution is 2.20. The van der Waals surface area contributed by atoms with E-state index in [0.717, 1.165) is 32.0 Å². The van der Waals surface area contributed by atoms with Gasteiger partial charge in [-0.3, -0.25) is 9.78 Å². The minimum Gasteiger partial charge on any atom is -0.354 e. The number of fused-ring (bicyclic) bond motifs is 1. The molecule has 0 spiro atoms. The van der Waals surface area contributed by atoms with Crippen LogP contribution in [0.2, 0.25) is 0 Å². The van der Waals surface area contributed by atoms with E-state index >= 15 is 0 Å². The maximum atomic E-state index is 14.2. The summed E-state index contributed by atoms with van der Waals surface area (Å²) in [7, 11) is 2.11. The second-order valence-corrected chi connectivity index (χ2v) is 6.68. The van der Waals surface area contributed by atoms with Crippen LogP contribution < -0.4 is 10.2 Å². The van der Waals surface area contributed by atoms with Crippen molar-refractivity contribution in [1.82, 2.24) is 14.9 Å². The van der Waals surface area contributed by atoms with Gasteiger partial charge in [0.05, 0.1) is 11.9 Å². The molecular weight excluding hydrogens is 345 g/mol. The fourth-order valence-corrected chi connectivity index (χ4v) is 3.16. The average Bonchev–Trinajstić information content (AvgIpc) is 2.69. The summed E-state index contributed by atoms with van der Waals surface area (Å²) in [6.07, 6.45) is 3.16. The normalized spacial score (nSPS) is 15.1. The van der Waals surface area contributed by atoms with E-state index < -0.39 is 5.82 Å². The molecule has 1 amide bonds. The first-order chi connectivity index (χ1) is 13.1. The summed E-state index contributed by atoms with van der Waals surface area (Å²) >= 11 is 0. The lowest BCUT2D eigenvalue weighted by Gasteiger charge is -2.33. The topological polar surface area (TPSA) is 61.4 Å². The Labute approximate surface area is 156 Å². The molecule has 6 nitrogen and oxygen atoms in total. The van der Waals surface area contributed by atoms with Gasteiger partial charge in [-0.25, -0.2) is 9.37 Å². The Morgan fingerprint density at radius 3 is 2.67 bits per heavy atom. The number of hydrogen-bond donors (Lipinski definition) is 1. The molecule has 4 rings (SSSR count). The van der Waals surface area contributed by atoms with Crippen molar-refractivity contribution in [3.8, 4) is 0 Å². The number of likely N-dealkylation sites (N-methyl/N-ethyl adjacent to an activating group) is 1. The molecule has 3 heterocycles. The summed E-state index contributed by atoms with van der Waals surface area (Å²) in [5.41, 5.74) is 1.08. The number of benzene rings is 1. The van der Waals surface area contributed by atoms with Crippen molar-refractivity contribution in [2.45, 2.75) is 0 Å². The first kappa shape index (κ1) is 17.4. The number of nitrogens with one attached hydrogen (secondary N) is 1. The SMILES string of the molecule is CN1CCN(c2ccc(NC(=O)c3cc(F)c4ncccc4c3)cn2)CC1. The molecule has 1 N–H and O–H groups in total. The summed E-state index contributed by atoms with van der Waals surface area (Å²) in [5, 5.41) is 3.36. The first-order valence-corrected chi connectivity index (χ1v) is 8.85. The molecular formula is C20H20FN5O. The third kappa shape index (κ3) is 3.73. The Kier molecular flexibility index (Phi) is 4.68. The van der Waals surface area contributed by atoms with E-state index in [-0.39, 0.29) is 17.0 Å². The Balaban J connectivity index is 1.48. The number of anilines is 2. The number of pyridine rings is 2. The van der Waals surface area contributed by atoms with E-state index in [1.165, 1.54) is 12.3 Å². The molecule has 1 aliphatic rings. The van der Waals surface area contributed by atoms with E-state index in [2.05, 4.69) is 32.1 Å². The highest BCUT2D eigenvalue weighted by atomic mass is 19.1. The second-order valence-electron chi connectivity index (χ2n) is 6.68. The summed E-state index contributed by atoms with van der Waals surface area (Å²) in [6, 6.07) is 9.99. The molecule has 2 aromatic heterocycles. The number of carbonyl (C=O) groups is 1. The van der Waals surface area contributed by atoms with Gasteiger partial charge >= 0.3 is 0 Å². The molecule has 27 heavy (non-hydrogen) atoms. The minimum atomic E-state index is -0.512. The molecule has 7 heteroatoms. The quantitative estimate of drug-likeness (QED) is 0.773. The van der Waals surface area contributed by atoms with Crippen molar-refractivity contribution in [2.75, 3.05) is 43.4 Å². The van der Waals surface area contributed by atoms with Gasteiger partial charge in [0.2, 0.25) is 0 Å². The Morgan fingerprint density at radius 1 is 1.11 bits per heavy atom. The van der Waals surface area contributed by atoms with E-state index in [1.807, 2.05) is 12.1 Å². The Hall–Kier alpha value is -3.06. The predicted octanol–water partition coefficient (Wildman–Crippen LogP) is 2.77. The third-order valence-electron chi connectivity index (χ3n) is 4.75. The zero-order chi connectivity index (χ0) is 18.8. The van der Waals surface area contributed by atoms with Gasteiger partial charge in [-0.1, -0.05) is 6.07 Å². The van der Waals surface area contributed by atoms with Crippen LogP contribution in [0.1, 0.15) is 10.4 Å². The number of piperazine rings is 1.